The molecule has 0 fully saturated rings. The molecule has 0 atom stereocenters. The minimum Gasteiger partial charge on any atom is -0.345 e. The van der Waals surface area contributed by atoms with Crippen molar-refractivity contribution in [2.75, 3.05) is 24.7 Å². The fraction of sp³-hybridized carbons (Fsp3) is 0.0952. The minimum absolute atomic E-state index is 0.105. The van der Waals surface area contributed by atoms with Gasteiger partial charge in [-0.25, -0.2) is 0 Å². The molecule has 6 nitrogen and oxygen atoms in total. The van der Waals surface area contributed by atoms with Gasteiger partial charge in [0.15, 0.2) is 0 Å². The normalized spacial score (nSPS) is 10.2. The van der Waals surface area contributed by atoms with Gasteiger partial charge in [0.25, 0.3) is 17.7 Å². The first-order valence-corrected chi connectivity index (χ1v) is 9.40. The topological polar surface area (TPSA) is 78.5 Å². The molecule has 0 saturated carbocycles. The van der Waals surface area contributed by atoms with E-state index in [0.717, 1.165) is 0 Å². The predicted molar refractivity (Wildman–Crippen MR) is 111 cm³/mol. The lowest BCUT2D eigenvalue weighted by Crippen LogP contribution is -2.21. The molecule has 0 aliphatic rings. The number of hydrogen-bond donors (Lipinski definition) is 2. The second-order valence-corrected chi connectivity index (χ2v) is 7.19. The van der Waals surface area contributed by atoms with E-state index < -0.39 is 0 Å². The molecule has 0 unspecified atom stereocenters. The van der Waals surface area contributed by atoms with Gasteiger partial charge in [0.05, 0.1) is 4.88 Å². The van der Waals surface area contributed by atoms with Crippen LogP contribution in [0.3, 0.4) is 0 Å². The lowest BCUT2D eigenvalue weighted by molar-refractivity contribution is 0.0827. The van der Waals surface area contributed by atoms with Crippen LogP contribution in [0.15, 0.2) is 66.0 Å². The van der Waals surface area contributed by atoms with Gasteiger partial charge in [0.2, 0.25) is 0 Å². The van der Waals surface area contributed by atoms with E-state index in [9.17, 15) is 14.4 Å². The van der Waals surface area contributed by atoms with Gasteiger partial charge in [-0.3, -0.25) is 14.4 Å². The van der Waals surface area contributed by atoms with Crippen LogP contribution < -0.4 is 10.6 Å². The van der Waals surface area contributed by atoms with Gasteiger partial charge in [-0.15, -0.1) is 11.3 Å². The third-order valence-corrected chi connectivity index (χ3v) is 4.79. The summed E-state index contributed by atoms with van der Waals surface area (Å²) in [7, 11) is 3.37. The molecule has 0 spiro atoms. The summed E-state index contributed by atoms with van der Waals surface area (Å²) in [4.78, 5) is 38.7. The van der Waals surface area contributed by atoms with Crippen molar-refractivity contribution in [2.45, 2.75) is 0 Å². The number of hydrogen-bond acceptors (Lipinski definition) is 4. The molecule has 0 bridgehead atoms. The van der Waals surface area contributed by atoms with Gasteiger partial charge < -0.3 is 15.5 Å². The lowest BCUT2D eigenvalue weighted by Gasteiger charge is -2.11. The van der Waals surface area contributed by atoms with Crippen LogP contribution in [0.2, 0.25) is 0 Å². The van der Waals surface area contributed by atoms with E-state index in [1.165, 1.54) is 16.2 Å². The maximum Gasteiger partial charge on any atom is 0.265 e. The average molecular weight is 393 g/mol. The molecule has 142 valence electrons. The maximum atomic E-state index is 12.5. The van der Waals surface area contributed by atoms with Gasteiger partial charge in [-0.2, -0.15) is 0 Å². The number of carbonyl (C=O) groups excluding carboxylic acids is 3. The zero-order valence-electron chi connectivity index (χ0n) is 15.4. The molecule has 2 aromatic carbocycles. The summed E-state index contributed by atoms with van der Waals surface area (Å²) >= 11 is 1.35. The first-order valence-electron chi connectivity index (χ1n) is 8.52. The molecule has 28 heavy (non-hydrogen) atoms. The molecular weight excluding hydrogens is 374 g/mol. The van der Waals surface area contributed by atoms with Crippen LogP contribution in [-0.4, -0.2) is 36.7 Å². The summed E-state index contributed by atoms with van der Waals surface area (Å²) < 4.78 is 0. The highest BCUT2D eigenvalue weighted by molar-refractivity contribution is 7.12. The highest BCUT2D eigenvalue weighted by atomic mass is 32.1. The van der Waals surface area contributed by atoms with Crippen LogP contribution in [0, 0.1) is 0 Å². The van der Waals surface area contributed by atoms with E-state index in [0.29, 0.717) is 27.4 Å². The Labute approximate surface area is 166 Å². The van der Waals surface area contributed by atoms with Crippen LogP contribution in [0.5, 0.6) is 0 Å². The summed E-state index contributed by atoms with van der Waals surface area (Å²) in [5, 5.41) is 7.40. The van der Waals surface area contributed by atoms with Gasteiger partial charge in [0, 0.05) is 36.6 Å². The molecule has 3 amide bonds. The Kier molecular flexibility index (Phi) is 5.86. The van der Waals surface area contributed by atoms with Crippen LogP contribution in [0.4, 0.5) is 11.4 Å². The number of amides is 3. The Morgan fingerprint density at radius 3 is 2.14 bits per heavy atom. The van der Waals surface area contributed by atoms with Crippen molar-refractivity contribution in [1.82, 2.24) is 4.90 Å². The first-order chi connectivity index (χ1) is 13.4. The van der Waals surface area contributed by atoms with Crippen LogP contribution in [0.25, 0.3) is 0 Å². The zero-order chi connectivity index (χ0) is 20.1. The number of carbonyl (C=O) groups is 3. The highest BCUT2D eigenvalue weighted by Crippen LogP contribution is 2.17. The van der Waals surface area contributed by atoms with Crippen LogP contribution in [0.1, 0.15) is 30.4 Å². The van der Waals surface area contributed by atoms with Crippen molar-refractivity contribution in [2.24, 2.45) is 0 Å². The number of nitrogens with one attached hydrogen (secondary N) is 2. The molecule has 1 heterocycles. The number of benzene rings is 2. The second-order valence-electron chi connectivity index (χ2n) is 6.24. The van der Waals surface area contributed by atoms with Gasteiger partial charge in [-0.05, 0) is 53.9 Å². The van der Waals surface area contributed by atoms with Crippen LogP contribution in [-0.2, 0) is 0 Å². The standard InChI is InChI=1S/C21H19N3O3S/c1-24(2)21(27)14-8-10-16(11-9-14)22-19(25)15-5-3-6-17(13-15)23-20(26)18-7-4-12-28-18/h3-13H,1-2H3,(H,22,25)(H,23,26). The predicted octanol–water partition coefficient (Wildman–Crippen LogP) is 3.95. The maximum absolute atomic E-state index is 12.5. The summed E-state index contributed by atoms with van der Waals surface area (Å²) in [6.45, 7) is 0. The number of nitrogens with zero attached hydrogens (tertiary/aromatic N) is 1. The van der Waals surface area contributed by atoms with E-state index in [2.05, 4.69) is 10.6 Å². The largest absolute Gasteiger partial charge is 0.345 e. The van der Waals surface area contributed by atoms with Gasteiger partial charge in [0.1, 0.15) is 0 Å². The van der Waals surface area contributed by atoms with E-state index in [1.54, 1.807) is 74.8 Å². The smallest absolute Gasteiger partial charge is 0.265 e. The fourth-order valence-corrected chi connectivity index (χ4v) is 3.12. The summed E-state index contributed by atoms with van der Waals surface area (Å²) in [5.74, 6) is -0.625. The van der Waals surface area contributed by atoms with Gasteiger partial charge >= 0.3 is 0 Å². The molecule has 3 aromatic rings. The SMILES string of the molecule is CN(C)C(=O)c1ccc(NC(=O)c2cccc(NC(=O)c3cccs3)c2)cc1. The second kappa shape index (κ2) is 8.49. The van der Waals surface area contributed by atoms with Crippen molar-refractivity contribution in [3.05, 3.63) is 82.0 Å². The van der Waals surface area contributed by atoms with E-state index in [-0.39, 0.29) is 17.7 Å². The Hall–Kier alpha value is -3.45. The van der Waals surface area contributed by atoms with Crippen molar-refractivity contribution in [1.29, 1.82) is 0 Å². The fourth-order valence-electron chi connectivity index (χ4n) is 2.50. The van der Waals surface area contributed by atoms with E-state index >= 15 is 0 Å². The molecule has 3 rings (SSSR count). The minimum atomic E-state index is -0.307. The highest BCUT2D eigenvalue weighted by Gasteiger charge is 2.11. The summed E-state index contributed by atoms with van der Waals surface area (Å²) in [5.41, 5.74) is 2.07. The Morgan fingerprint density at radius 1 is 0.786 bits per heavy atom. The molecule has 0 radical (unpaired) electrons. The molecule has 2 N–H and O–H groups in total. The third kappa shape index (κ3) is 4.63. The number of anilines is 2. The Balaban J connectivity index is 1.67. The van der Waals surface area contributed by atoms with Crippen molar-refractivity contribution < 1.29 is 14.4 Å². The number of thiophene rings is 1. The molecule has 0 aliphatic heterocycles. The third-order valence-electron chi connectivity index (χ3n) is 3.92. The number of rotatable bonds is 5. The molecule has 0 saturated heterocycles. The van der Waals surface area contributed by atoms with Crippen LogP contribution >= 0.6 is 11.3 Å². The zero-order valence-corrected chi connectivity index (χ0v) is 16.2. The summed E-state index contributed by atoms with van der Waals surface area (Å²) in [6.07, 6.45) is 0. The monoisotopic (exact) mass is 393 g/mol. The van der Waals surface area contributed by atoms with E-state index in [1.807, 2.05) is 5.38 Å². The molecule has 0 aliphatic carbocycles. The van der Waals surface area contributed by atoms with E-state index in [4.69, 9.17) is 0 Å². The quantitative estimate of drug-likeness (QED) is 0.689. The first kappa shape index (κ1) is 19.3. The molecule has 7 heteroatoms. The average Bonchev–Trinajstić information content (AvgIpc) is 3.23. The van der Waals surface area contributed by atoms with Crippen molar-refractivity contribution in [3.63, 3.8) is 0 Å². The Morgan fingerprint density at radius 2 is 1.50 bits per heavy atom. The van der Waals surface area contributed by atoms with Crippen molar-refractivity contribution >= 4 is 40.4 Å². The summed E-state index contributed by atoms with van der Waals surface area (Å²) in [6, 6.07) is 16.9. The van der Waals surface area contributed by atoms with Gasteiger partial charge in [-0.1, -0.05) is 12.1 Å². The lowest BCUT2D eigenvalue weighted by atomic mass is 10.1. The molecule has 1 aromatic heterocycles. The Bertz CT molecular complexity index is 996. The van der Waals surface area contributed by atoms with Crippen molar-refractivity contribution in [3.8, 4) is 0 Å². The molecular formula is C21H19N3O3S.